The molecule has 35 heavy (non-hydrogen) atoms. The summed E-state index contributed by atoms with van der Waals surface area (Å²) in [5, 5.41) is 3.04. The molecule has 0 radical (unpaired) electrons. The largest absolute Gasteiger partial charge is 0.369 e. The highest BCUT2D eigenvalue weighted by molar-refractivity contribution is 5.92. The van der Waals surface area contributed by atoms with Gasteiger partial charge in [0.25, 0.3) is 0 Å². The number of nitrogens with zero attached hydrogens (tertiary/aromatic N) is 2. The van der Waals surface area contributed by atoms with Crippen LogP contribution in [0.15, 0.2) is 54.6 Å². The molecular formula is C28H36N4O3. The molecule has 3 N–H and O–H groups in total. The number of piperidine rings is 2. The van der Waals surface area contributed by atoms with Crippen LogP contribution in [-0.4, -0.2) is 53.7 Å². The van der Waals surface area contributed by atoms with Crippen LogP contribution in [0.5, 0.6) is 0 Å². The lowest BCUT2D eigenvalue weighted by Gasteiger charge is -2.31. The molecule has 7 nitrogen and oxygen atoms in total. The fourth-order valence-electron chi connectivity index (χ4n) is 5.07. The zero-order valence-corrected chi connectivity index (χ0v) is 20.3. The Morgan fingerprint density at radius 2 is 1.57 bits per heavy atom. The summed E-state index contributed by atoms with van der Waals surface area (Å²) in [4.78, 5) is 41.0. The molecule has 2 fully saturated rings. The maximum absolute atomic E-state index is 12.8. The molecular weight excluding hydrogens is 440 g/mol. The van der Waals surface area contributed by atoms with Crippen molar-refractivity contribution < 1.29 is 14.4 Å². The summed E-state index contributed by atoms with van der Waals surface area (Å²) in [7, 11) is 0. The monoisotopic (exact) mass is 476 g/mol. The van der Waals surface area contributed by atoms with Gasteiger partial charge in [0.05, 0.1) is 5.92 Å². The van der Waals surface area contributed by atoms with Gasteiger partial charge in [-0.3, -0.25) is 19.3 Å². The molecule has 1 atom stereocenters. The Morgan fingerprint density at radius 3 is 2.26 bits per heavy atom. The number of nitrogens with one attached hydrogen (secondary N) is 1. The first kappa shape index (κ1) is 24.9. The van der Waals surface area contributed by atoms with Gasteiger partial charge in [-0.1, -0.05) is 42.5 Å². The smallest absolute Gasteiger partial charge is 0.227 e. The predicted octanol–water partition coefficient (Wildman–Crippen LogP) is 3.19. The second-order valence-corrected chi connectivity index (χ2v) is 9.80. The maximum atomic E-state index is 12.8. The molecule has 2 aliphatic heterocycles. The summed E-state index contributed by atoms with van der Waals surface area (Å²) in [6.45, 7) is 3.71. The van der Waals surface area contributed by atoms with E-state index in [1.54, 1.807) is 0 Å². The van der Waals surface area contributed by atoms with Crippen LogP contribution in [0.4, 0.5) is 5.69 Å². The molecule has 2 aliphatic rings. The highest BCUT2D eigenvalue weighted by atomic mass is 16.2. The second-order valence-electron chi connectivity index (χ2n) is 9.80. The summed E-state index contributed by atoms with van der Waals surface area (Å²) in [5.74, 6) is -0.163. The van der Waals surface area contributed by atoms with Crippen LogP contribution >= 0.6 is 0 Å². The number of likely N-dealkylation sites (tertiary alicyclic amines) is 2. The number of amides is 3. The van der Waals surface area contributed by atoms with Crippen molar-refractivity contribution in [3.63, 3.8) is 0 Å². The molecule has 2 aromatic rings. The van der Waals surface area contributed by atoms with Gasteiger partial charge in [-0.05, 0) is 61.9 Å². The van der Waals surface area contributed by atoms with Gasteiger partial charge < -0.3 is 16.0 Å². The summed E-state index contributed by atoms with van der Waals surface area (Å²) in [6.07, 6.45) is 4.50. The van der Waals surface area contributed by atoms with Crippen molar-refractivity contribution in [3.05, 3.63) is 65.7 Å². The second kappa shape index (κ2) is 12.0. The fourth-order valence-corrected chi connectivity index (χ4v) is 5.07. The zero-order chi connectivity index (χ0) is 24.6. The highest BCUT2D eigenvalue weighted by Gasteiger charge is 2.27. The zero-order valence-electron chi connectivity index (χ0n) is 20.3. The Morgan fingerprint density at radius 1 is 0.857 bits per heavy atom. The van der Waals surface area contributed by atoms with Crippen LogP contribution in [0.25, 0.3) is 0 Å². The average molecular weight is 477 g/mol. The summed E-state index contributed by atoms with van der Waals surface area (Å²) < 4.78 is 0. The van der Waals surface area contributed by atoms with Gasteiger partial charge in [-0.15, -0.1) is 0 Å². The van der Waals surface area contributed by atoms with Gasteiger partial charge in [-0.2, -0.15) is 0 Å². The Balaban J connectivity index is 1.19. The number of nitrogens with two attached hydrogens (primary N) is 1. The molecule has 0 aliphatic carbocycles. The Bertz CT molecular complexity index is 1000. The number of rotatable bonds is 8. The third-order valence-electron chi connectivity index (χ3n) is 7.22. The van der Waals surface area contributed by atoms with Crippen LogP contribution in [0.1, 0.15) is 43.2 Å². The maximum Gasteiger partial charge on any atom is 0.227 e. The number of benzene rings is 2. The van der Waals surface area contributed by atoms with Crippen LogP contribution < -0.4 is 11.1 Å². The lowest BCUT2D eigenvalue weighted by molar-refractivity contribution is -0.134. The molecule has 186 valence electrons. The van der Waals surface area contributed by atoms with E-state index in [0.717, 1.165) is 43.6 Å². The van der Waals surface area contributed by atoms with Crippen LogP contribution in [0, 0.1) is 11.8 Å². The fraction of sp³-hybridized carbons (Fsp3) is 0.464. The van der Waals surface area contributed by atoms with Gasteiger partial charge in [-0.25, -0.2) is 0 Å². The summed E-state index contributed by atoms with van der Waals surface area (Å²) in [5.41, 5.74) is 8.59. The van der Waals surface area contributed by atoms with Crippen molar-refractivity contribution in [3.8, 4) is 0 Å². The van der Waals surface area contributed by atoms with E-state index in [2.05, 4.69) is 10.2 Å². The highest BCUT2D eigenvalue weighted by Crippen LogP contribution is 2.22. The van der Waals surface area contributed by atoms with Crippen molar-refractivity contribution >= 4 is 23.4 Å². The standard InChI is InChI=1S/C28H36N4O3/c29-27(34)24-7-4-16-31(20-24)19-22-8-11-25(12-9-22)30-28(35)23-14-17-32(18-15-23)26(33)13-10-21-5-2-1-3-6-21/h1-3,5-6,8-9,11-12,23-24H,4,7,10,13-20H2,(H2,29,34)(H,30,35)/t24-/m1/s1. The van der Waals surface area contributed by atoms with Crippen molar-refractivity contribution in [1.29, 1.82) is 0 Å². The Kier molecular flexibility index (Phi) is 8.53. The Labute approximate surface area is 207 Å². The van der Waals surface area contributed by atoms with Crippen molar-refractivity contribution in [2.45, 2.75) is 45.1 Å². The molecule has 2 aromatic carbocycles. The van der Waals surface area contributed by atoms with E-state index in [0.29, 0.717) is 38.9 Å². The van der Waals surface area contributed by atoms with Crippen molar-refractivity contribution in [2.24, 2.45) is 17.6 Å². The molecule has 2 saturated heterocycles. The minimum atomic E-state index is -0.213. The normalized spacial score (nSPS) is 19.3. The van der Waals surface area contributed by atoms with Crippen LogP contribution in [0.2, 0.25) is 0 Å². The van der Waals surface area contributed by atoms with E-state index in [1.807, 2.05) is 59.5 Å². The topological polar surface area (TPSA) is 95.7 Å². The SMILES string of the molecule is NC(=O)[C@@H]1CCCN(Cc2ccc(NC(=O)C3CCN(C(=O)CCc4ccccc4)CC3)cc2)C1. The molecule has 0 spiro atoms. The van der Waals surface area contributed by atoms with Crippen LogP contribution in [0.3, 0.4) is 0 Å². The van der Waals surface area contributed by atoms with Gasteiger partial charge in [0, 0.05) is 44.2 Å². The van der Waals surface area contributed by atoms with Gasteiger partial charge in [0.2, 0.25) is 17.7 Å². The number of primary amides is 1. The van der Waals surface area contributed by atoms with Crippen molar-refractivity contribution in [1.82, 2.24) is 9.80 Å². The third kappa shape index (κ3) is 7.15. The first-order valence-corrected chi connectivity index (χ1v) is 12.7. The number of anilines is 1. The molecule has 3 amide bonds. The molecule has 0 bridgehead atoms. The molecule has 0 aromatic heterocycles. The third-order valence-corrected chi connectivity index (χ3v) is 7.22. The molecule has 0 saturated carbocycles. The first-order chi connectivity index (χ1) is 17.0. The van der Waals surface area contributed by atoms with E-state index in [4.69, 9.17) is 5.73 Å². The van der Waals surface area contributed by atoms with Crippen molar-refractivity contribution in [2.75, 3.05) is 31.5 Å². The van der Waals surface area contributed by atoms with E-state index >= 15 is 0 Å². The number of aryl methyl sites for hydroxylation is 1. The lowest BCUT2D eigenvalue weighted by Crippen LogP contribution is -2.41. The number of carbonyl (C=O) groups is 3. The minimum absolute atomic E-state index is 0.0227. The Hall–Kier alpha value is -3.19. The summed E-state index contributed by atoms with van der Waals surface area (Å²) >= 11 is 0. The van der Waals surface area contributed by atoms with Gasteiger partial charge in [0.15, 0.2) is 0 Å². The molecule has 0 unspecified atom stereocenters. The number of hydrogen-bond acceptors (Lipinski definition) is 4. The van der Waals surface area contributed by atoms with E-state index < -0.39 is 0 Å². The quantitative estimate of drug-likeness (QED) is 0.612. The van der Waals surface area contributed by atoms with E-state index in [1.165, 1.54) is 5.56 Å². The number of carbonyl (C=O) groups excluding carboxylic acids is 3. The molecule has 4 rings (SSSR count). The molecule has 2 heterocycles. The minimum Gasteiger partial charge on any atom is -0.369 e. The molecule has 7 heteroatoms. The average Bonchev–Trinajstić information content (AvgIpc) is 2.89. The number of hydrogen-bond donors (Lipinski definition) is 2. The van der Waals surface area contributed by atoms with Gasteiger partial charge in [0.1, 0.15) is 0 Å². The lowest BCUT2D eigenvalue weighted by atomic mass is 9.95. The predicted molar refractivity (Wildman–Crippen MR) is 136 cm³/mol. The summed E-state index contributed by atoms with van der Waals surface area (Å²) in [6, 6.07) is 18.0. The first-order valence-electron chi connectivity index (χ1n) is 12.7. The van der Waals surface area contributed by atoms with E-state index in [9.17, 15) is 14.4 Å². The van der Waals surface area contributed by atoms with Crippen LogP contribution in [-0.2, 0) is 27.3 Å². The van der Waals surface area contributed by atoms with E-state index in [-0.39, 0.29) is 29.6 Å². The van der Waals surface area contributed by atoms with Gasteiger partial charge >= 0.3 is 0 Å².